The second-order valence-electron chi connectivity index (χ2n) is 6.95. The number of rotatable bonds is 6. The summed E-state index contributed by atoms with van der Waals surface area (Å²) in [4.78, 5) is 25.7. The Bertz CT molecular complexity index is 1210. The highest BCUT2D eigenvalue weighted by Crippen LogP contribution is 2.24. The van der Waals surface area contributed by atoms with Crippen molar-refractivity contribution in [1.29, 1.82) is 0 Å². The zero-order valence-electron chi connectivity index (χ0n) is 16.5. The molecule has 0 aliphatic rings. The minimum Gasteiger partial charge on any atom is -0.462 e. The lowest BCUT2D eigenvalue weighted by Crippen LogP contribution is -2.05. The maximum atomic E-state index is 13.1. The molecule has 150 valence electrons. The van der Waals surface area contributed by atoms with Crippen LogP contribution in [-0.2, 0) is 11.2 Å². The van der Waals surface area contributed by atoms with Crippen molar-refractivity contribution in [2.24, 2.45) is 0 Å². The molecule has 4 nitrogen and oxygen atoms in total. The Balaban J connectivity index is 1.80. The van der Waals surface area contributed by atoms with E-state index in [9.17, 15) is 9.59 Å². The molecule has 0 spiro atoms. The monoisotopic (exact) mass is 417 g/mol. The van der Waals surface area contributed by atoms with Crippen molar-refractivity contribution < 1.29 is 14.3 Å². The van der Waals surface area contributed by atoms with E-state index in [1.165, 1.54) is 5.56 Å². The Morgan fingerprint density at radius 3 is 2.37 bits per heavy atom. The Kier molecular flexibility index (Phi) is 5.68. The molecule has 5 heteroatoms. The summed E-state index contributed by atoms with van der Waals surface area (Å²) in [6.45, 7) is 2.02. The normalized spacial score (nSPS) is 10.9. The van der Waals surface area contributed by atoms with Crippen LogP contribution in [0.5, 0.6) is 0 Å². The van der Waals surface area contributed by atoms with Gasteiger partial charge in [0.1, 0.15) is 0 Å². The number of benzene rings is 2. The number of nitrogens with zero attached hydrogens (tertiary/aromatic N) is 1. The summed E-state index contributed by atoms with van der Waals surface area (Å²) in [6, 6.07) is 22.3. The molecular formula is C25H20ClNO3. The van der Waals surface area contributed by atoms with Gasteiger partial charge < -0.3 is 9.14 Å². The van der Waals surface area contributed by atoms with Crippen molar-refractivity contribution in [3.8, 4) is 0 Å². The molecule has 4 aromatic rings. The molecule has 2 heterocycles. The van der Waals surface area contributed by atoms with Gasteiger partial charge in [-0.3, -0.25) is 4.79 Å². The van der Waals surface area contributed by atoms with Gasteiger partial charge in [-0.2, -0.15) is 0 Å². The number of ketones is 1. The summed E-state index contributed by atoms with van der Waals surface area (Å²) in [6.07, 6.45) is 2.56. The van der Waals surface area contributed by atoms with E-state index >= 15 is 0 Å². The third kappa shape index (κ3) is 4.00. The number of aromatic nitrogens is 1. The highest BCUT2D eigenvalue weighted by molar-refractivity contribution is 6.30. The summed E-state index contributed by atoms with van der Waals surface area (Å²) >= 11 is 5.94. The van der Waals surface area contributed by atoms with Gasteiger partial charge in [0.2, 0.25) is 5.78 Å². The van der Waals surface area contributed by atoms with E-state index in [2.05, 4.69) is 12.1 Å². The zero-order valence-corrected chi connectivity index (χ0v) is 17.2. The molecule has 0 N–H and O–H groups in total. The van der Waals surface area contributed by atoms with Crippen molar-refractivity contribution in [2.45, 2.75) is 13.3 Å². The standard InChI is InChI=1S/C25H20ClNO3/c1-2-30-25(29)21-16-23(24(28)19-8-10-20(26)11-9-19)27-13-12-18(15-22(21)27)14-17-6-4-3-5-7-17/h3-13,15-16H,2,14H2,1H3. The fourth-order valence-corrected chi connectivity index (χ4v) is 3.61. The smallest absolute Gasteiger partial charge is 0.340 e. The molecule has 0 radical (unpaired) electrons. The minimum absolute atomic E-state index is 0.187. The Labute approximate surface area is 179 Å². The quantitative estimate of drug-likeness (QED) is 0.303. The van der Waals surface area contributed by atoms with Crippen molar-refractivity contribution >= 4 is 28.9 Å². The first kappa shape index (κ1) is 19.9. The molecule has 0 bridgehead atoms. The van der Waals surface area contributed by atoms with Gasteiger partial charge >= 0.3 is 5.97 Å². The van der Waals surface area contributed by atoms with Crippen LogP contribution in [0.2, 0.25) is 5.02 Å². The number of carbonyl (C=O) groups excluding carboxylic acids is 2. The number of carbonyl (C=O) groups is 2. The lowest BCUT2D eigenvalue weighted by atomic mass is 10.1. The van der Waals surface area contributed by atoms with Gasteiger partial charge in [-0.1, -0.05) is 41.9 Å². The second-order valence-corrected chi connectivity index (χ2v) is 7.39. The first-order valence-electron chi connectivity index (χ1n) is 9.72. The van der Waals surface area contributed by atoms with Crippen LogP contribution in [0.15, 0.2) is 79.0 Å². The molecule has 0 fully saturated rings. The van der Waals surface area contributed by atoms with E-state index in [-0.39, 0.29) is 12.4 Å². The topological polar surface area (TPSA) is 47.8 Å². The van der Waals surface area contributed by atoms with Gasteiger partial charge in [-0.25, -0.2) is 4.79 Å². The lowest BCUT2D eigenvalue weighted by Gasteiger charge is -2.07. The molecule has 0 aliphatic heterocycles. The van der Waals surface area contributed by atoms with Gasteiger partial charge in [0.15, 0.2) is 0 Å². The number of halogens is 1. The maximum Gasteiger partial charge on any atom is 0.340 e. The second kappa shape index (κ2) is 8.56. The van der Waals surface area contributed by atoms with Crippen LogP contribution in [-0.4, -0.2) is 22.8 Å². The molecule has 0 amide bonds. The van der Waals surface area contributed by atoms with Gasteiger partial charge in [-0.05, 0) is 66.9 Å². The molecule has 30 heavy (non-hydrogen) atoms. The third-order valence-electron chi connectivity index (χ3n) is 4.92. The number of pyridine rings is 1. The summed E-state index contributed by atoms with van der Waals surface area (Å²) < 4.78 is 6.98. The molecule has 0 atom stereocenters. The van der Waals surface area contributed by atoms with Crippen LogP contribution in [0.4, 0.5) is 0 Å². The largest absolute Gasteiger partial charge is 0.462 e. The highest BCUT2D eigenvalue weighted by atomic mass is 35.5. The highest BCUT2D eigenvalue weighted by Gasteiger charge is 2.21. The summed E-state index contributed by atoms with van der Waals surface area (Å²) in [5, 5.41) is 0.560. The molecule has 2 aromatic heterocycles. The van der Waals surface area contributed by atoms with Gasteiger partial charge in [0.05, 0.1) is 23.4 Å². The van der Waals surface area contributed by atoms with Gasteiger partial charge in [0, 0.05) is 16.8 Å². The molecule has 0 aliphatic carbocycles. The first-order chi connectivity index (χ1) is 14.6. The molecule has 2 aromatic carbocycles. The number of hydrogen-bond donors (Lipinski definition) is 0. The maximum absolute atomic E-state index is 13.1. The fourth-order valence-electron chi connectivity index (χ4n) is 3.48. The number of hydrogen-bond acceptors (Lipinski definition) is 3. The zero-order chi connectivity index (χ0) is 21.1. The van der Waals surface area contributed by atoms with Gasteiger partial charge in [-0.15, -0.1) is 0 Å². The van der Waals surface area contributed by atoms with Crippen molar-refractivity contribution in [3.05, 3.63) is 112 Å². The van der Waals surface area contributed by atoms with Crippen molar-refractivity contribution in [1.82, 2.24) is 4.40 Å². The molecular weight excluding hydrogens is 398 g/mol. The van der Waals surface area contributed by atoms with E-state index in [4.69, 9.17) is 16.3 Å². The third-order valence-corrected chi connectivity index (χ3v) is 5.17. The van der Waals surface area contributed by atoms with Crippen molar-refractivity contribution in [2.75, 3.05) is 6.61 Å². The van der Waals surface area contributed by atoms with Crippen LogP contribution in [0.25, 0.3) is 5.52 Å². The molecule has 0 saturated carbocycles. The average Bonchev–Trinajstić information content (AvgIpc) is 3.14. The van der Waals surface area contributed by atoms with Crippen LogP contribution in [0.1, 0.15) is 44.5 Å². The Morgan fingerprint density at radius 1 is 0.933 bits per heavy atom. The van der Waals surface area contributed by atoms with Crippen molar-refractivity contribution in [3.63, 3.8) is 0 Å². The van der Waals surface area contributed by atoms with E-state index < -0.39 is 5.97 Å². The number of esters is 1. The predicted octanol–water partition coefficient (Wildman–Crippen LogP) is 5.59. The van der Waals surface area contributed by atoms with E-state index in [0.29, 0.717) is 27.4 Å². The summed E-state index contributed by atoms with van der Waals surface area (Å²) in [5.74, 6) is -0.630. The Morgan fingerprint density at radius 2 is 1.67 bits per heavy atom. The minimum atomic E-state index is -0.443. The van der Waals surface area contributed by atoms with Gasteiger partial charge in [0.25, 0.3) is 0 Å². The van der Waals surface area contributed by atoms with E-state index in [0.717, 1.165) is 12.0 Å². The van der Waals surface area contributed by atoms with Crippen LogP contribution in [0, 0.1) is 0 Å². The number of fused-ring (bicyclic) bond motifs is 1. The average molecular weight is 418 g/mol. The van der Waals surface area contributed by atoms with Crippen LogP contribution >= 0.6 is 11.6 Å². The summed E-state index contributed by atoms with van der Waals surface area (Å²) in [7, 11) is 0. The van der Waals surface area contributed by atoms with E-state index in [1.54, 1.807) is 41.7 Å². The molecule has 0 saturated heterocycles. The Hall–Kier alpha value is -3.37. The molecule has 4 rings (SSSR count). The molecule has 0 unspecified atom stereocenters. The first-order valence-corrected chi connectivity index (χ1v) is 10.1. The van der Waals surface area contributed by atoms with Crippen LogP contribution < -0.4 is 0 Å². The van der Waals surface area contributed by atoms with Crippen LogP contribution in [0.3, 0.4) is 0 Å². The fraction of sp³-hybridized carbons (Fsp3) is 0.120. The number of ether oxygens (including phenoxy) is 1. The SMILES string of the molecule is CCOC(=O)c1cc(C(=O)c2ccc(Cl)cc2)n2ccc(Cc3ccccc3)cc12. The lowest BCUT2D eigenvalue weighted by molar-refractivity contribution is 0.0529. The van der Waals surface area contributed by atoms with E-state index in [1.807, 2.05) is 36.5 Å². The predicted molar refractivity (Wildman–Crippen MR) is 117 cm³/mol. The summed E-state index contributed by atoms with van der Waals surface area (Å²) in [5.41, 5.74) is 4.15.